The van der Waals surface area contributed by atoms with E-state index in [1.807, 2.05) is 19.9 Å². The Morgan fingerprint density at radius 1 is 1.19 bits per heavy atom. The first-order chi connectivity index (χ1) is 7.66. The molecule has 2 nitrogen and oxygen atoms in total. The molecule has 0 amide bonds. The van der Waals surface area contributed by atoms with Crippen LogP contribution in [0.2, 0.25) is 0 Å². The quantitative estimate of drug-likeness (QED) is 0.776. The fraction of sp³-hybridized carbons (Fsp3) is 0.357. The van der Waals surface area contributed by atoms with Gasteiger partial charge in [-0.2, -0.15) is 0 Å². The number of benzene rings is 1. The lowest BCUT2D eigenvalue weighted by Crippen LogP contribution is -2.07. The summed E-state index contributed by atoms with van der Waals surface area (Å²) in [7, 11) is 0. The van der Waals surface area contributed by atoms with Gasteiger partial charge in [-0.3, -0.25) is 4.79 Å². The number of aromatic nitrogens is 1. The molecule has 0 spiro atoms. The SMILES string of the molecule is Cc1ccc(C)c2c(=O)cc(C3CC3)[nH]c12. The zero-order valence-electron chi connectivity index (χ0n) is 9.63. The van der Waals surface area contributed by atoms with E-state index in [-0.39, 0.29) is 5.43 Å². The van der Waals surface area contributed by atoms with Gasteiger partial charge in [0.05, 0.1) is 5.52 Å². The summed E-state index contributed by atoms with van der Waals surface area (Å²) in [6, 6.07) is 5.88. The van der Waals surface area contributed by atoms with Crippen LogP contribution in [-0.2, 0) is 0 Å². The predicted molar refractivity (Wildman–Crippen MR) is 66.0 cm³/mol. The molecule has 0 aliphatic heterocycles. The number of aromatic amines is 1. The van der Waals surface area contributed by atoms with Gasteiger partial charge in [0.15, 0.2) is 5.43 Å². The lowest BCUT2D eigenvalue weighted by molar-refractivity contribution is 1.04. The van der Waals surface area contributed by atoms with Crippen LogP contribution in [0.5, 0.6) is 0 Å². The molecule has 0 saturated heterocycles. The van der Waals surface area contributed by atoms with Gasteiger partial charge in [0.25, 0.3) is 0 Å². The van der Waals surface area contributed by atoms with E-state index in [0.29, 0.717) is 5.92 Å². The Morgan fingerprint density at radius 2 is 1.88 bits per heavy atom. The minimum Gasteiger partial charge on any atom is -0.358 e. The zero-order valence-corrected chi connectivity index (χ0v) is 9.63. The summed E-state index contributed by atoms with van der Waals surface area (Å²) in [6.45, 7) is 4.04. The summed E-state index contributed by atoms with van der Waals surface area (Å²) in [6.07, 6.45) is 2.43. The maximum Gasteiger partial charge on any atom is 0.189 e. The molecule has 1 aromatic carbocycles. The van der Waals surface area contributed by atoms with Gasteiger partial charge in [0.1, 0.15) is 0 Å². The lowest BCUT2D eigenvalue weighted by Gasteiger charge is -2.07. The fourth-order valence-corrected chi connectivity index (χ4v) is 2.30. The predicted octanol–water partition coefficient (Wildman–Crippen LogP) is 3.02. The van der Waals surface area contributed by atoms with E-state index in [1.165, 1.54) is 12.8 Å². The van der Waals surface area contributed by atoms with E-state index < -0.39 is 0 Å². The van der Waals surface area contributed by atoms with Crippen molar-refractivity contribution in [3.8, 4) is 0 Å². The van der Waals surface area contributed by atoms with Gasteiger partial charge < -0.3 is 4.98 Å². The summed E-state index contributed by atoms with van der Waals surface area (Å²) in [5.74, 6) is 0.594. The van der Waals surface area contributed by atoms with Gasteiger partial charge >= 0.3 is 0 Å². The Hall–Kier alpha value is -1.57. The number of rotatable bonds is 1. The van der Waals surface area contributed by atoms with Gasteiger partial charge in [-0.15, -0.1) is 0 Å². The second kappa shape index (κ2) is 3.21. The summed E-state index contributed by atoms with van der Waals surface area (Å²) < 4.78 is 0. The number of hydrogen-bond acceptors (Lipinski definition) is 1. The van der Waals surface area contributed by atoms with Gasteiger partial charge in [-0.1, -0.05) is 12.1 Å². The fourth-order valence-electron chi connectivity index (χ4n) is 2.30. The third-order valence-electron chi connectivity index (χ3n) is 3.44. The Bertz CT molecular complexity index is 620. The molecule has 3 rings (SSSR count). The van der Waals surface area contributed by atoms with E-state index in [1.54, 1.807) is 6.07 Å². The average molecular weight is 213 g/mol. The highest BCUT2D eigenvalue weighted by molar-refractivity contribution is 5.84. The maximum absolute atomic E-state index is 12.1. The van der Waals surface area contributed by atoms with Crippen molar-refractivity contribution in [2.45, 2.75) is 32.6 Å². The standard InChI is InChI=1S/C14H15NO/c1-8-3-4-9(2)14-13(8)12(16)7-11(15-14)10-5-6-10/h3-4,7,10H,5-6H2,1-2H3,(H,15,16). The molecular weight excluding hydrogens is 198 g/mol. The van der Waals surface area contributed by atoms with Crippen LogP contribution in [0.25, 0.3) is 10.9 Å². The van der Waals surface area contributed by atoms with Crippen LogP contribution in [-0.4, -0.2) is 4.98 Å². The van der Waals surface area contributed by atoms with Gasteiger partial charge in [-0.25, -0.2) is 0 Å². The van der Waals surface area contributed by atoms with Crippen molar-refractivity contribution in [1.29, 1.82) is 0 Å². The summed E-state index contributed by atoms with van der Waals surface area (Å²) in [5, 5.41) is 0.851. The molecule has 1 aliphatic carbocycles. The highest BCUT2D eigenvalue weighted by Crippen LogP contribution is 2.39. The van der Waals surface area contributed by atoms with Crippen LogP contribution in [0.3, 0.4) is 0 Å². The molecule has 16 heavy (non-hydrogen) atoms. The number of hydrogen-bond donors (Lipinski definition) is 1. The van der Waals surface area contributed by atoms with Gasteiger partial charge in [0, 0.05) is 17.1 Å². The molecule has 1 fully saturated rings. The van der Waals surface area contributed by atoms with Crippen LogP contribution >= 0.6 is 0 Å². The van der Waals surface area contributed by atoms with Crippen LogP contribution in [0.4, 0.5) is 0 Å². The molecule has 0 atom stereocenters. The first kappa shape index (κ1) is 9.64. The molecule has 1 aromatic heterocycles. The molecule has 2 aromatic rings. The molecular formula is C14H15NO. The van der Waals surface area contributed by atoms with Gasteiger partial charge in [0.2, 0.25) is 0 Å². The first-order valence-corrected chi connectivity index (χ1v) is 5.80. The number of pyridine rings is 1. The van der Waals surface area contributed by atoms with Crippen molar-refractivity contribution in [2.75, 3.05) is 0 Å². The van der Waals surface area contributed by atoms with Crippen molar-refractivity contribution in [3.63, 3.8) is 0 Å². The molecule has 1 saturated carbocycles. The van der Waals surface area contributed by atoms with Crippen LogP contribution < -0.4 is 5.43 Å². The third kappa shape index (κ3) is 1.37. The molecule has 0 radical (unpaired) electrons. The average Bonchev–Trinajstić information content (AvgIpc) is 3.06. The van der Waals surface area contributed by atoms with E-state index in [9.17, 15) is 4.79 Å². The highest BCUT2D eigenvalue weighted by atomic mass is 16.1. The number of fused-ring (bicyclic) bond motifs is 1. The third-order valence-corrected chi connectivity index (χ3v) is 3.44. The second-order valence-corrected chi connectivity index (χ2v) is 4.81. The summed E-state index contributed by atoms with van der Waals surface area (Å²) >= 11 is 0. The molecule has 1 aliphatic rings. The van der Waals surface area contributed by atoms with Crippen LogP contribution in [0.15, 0.2) is 23.0 Å². The van der Waals surface area contributed by atoms with Gasteiger partial charge in [-0.05, 0) is 43.7 Å². The minimum absolute atomic E-state index is 0.164. The smallest absolute Gasteiger partial charge is 0.189 e. The highest BCUT2D eigenvalue weighted by Gasteiger charge is 2.25. The zero-order chi connectivity index (χ0) is 11.3. The molecule has 1 heterocycles. The Morgan fingerprint density at radius 3 is 2.56 bits per heavy atom. The monoisotopic (exact) mass is 213 g/mol. The van der Waals surface area contributed by atoms with E-state index in [4.69, 9.17) is 0 Å². The Kier molecular flexibility index (Phi) is 1.93. The van der Waals surface area contributed by atoms with Crippen molar-refractivity contribution in [3.05, 3.63) is 45.2 Å². The molecule has 1 N–H and O–H groups in total. The lowest BCUT2D eigenvalue weighted by atomic mass is 10.0. The van der Waals surface area contributed by atoms with Crippen molar-refractivity contribution in [1.82, 2.24) is 4.98 Å². The Labute approximate surface area is 94.3 Å². The second-order valence-electron chi connectivity index (χ2n) is 4.81. The van der Waals surface area contributed by atoms with Crippen molar-refractivity contribution < 1.29 is 0 Å². The summed E-state index contributed by atoms with van der Waals surface area (Å²) in [5.41, 5.74) is 4.52. The topological polar surface area (TPSA) is 32.9 Å². The Balaban J connectivity index is 2.41. The maximum atomic E-state index is 12.1. The molecule has 0 bridgehead atoms. The minimum atomic E-state index is 0.164. The van der Waals surface area contributed by atoms with Crippen LogP contribution in [0.1, 0.15) is 35.6 Å². The molecule has 2 heteroatoms. The van der Waals surface area contributed by atoms with Crippen LogP contribution in [0, 0.1) is 13.8 Å². The van der Waals surface area contributed by atoms with E-state index >= 15 is 0 Å². The number of H-pyrrole nitrogens is 1. The molecule has 0 unspecified atom stereocenters. The normalized spacial score (nSPS) is 15.6. The largest absolute Gasteiger partial charge is 0.358 e. The van der Waals surface area contributed by atoms with Crippen molar-refractivity contribution >= 4 is 10.9 Å². The summed E-state index contributed by atoms with van der Waals surface area (Å²) in [4.78, 5) is 15.5. The molecule has 82 valence electrons. The number of aryl methyl sites for hydroxylation is 2. The first-order valence-electron chi connectivity index (χ1n) is 5.80. The van der Waals surface area contributed by atoms with E-state index in [2.05, 4.69) is 11.1 Å². The van der Waals surface area contributed by atoms with E-state index in [0.717, 1.165) is 27.7 Å². The number of nitrogens with one attached hydrogen (secondary N) is 1. The van der Waals surface area contributed by atoms with Crippen molar-refractivity contribution in [2.24, 2.45) is 0 Å².